The third-order valence-corrected chi connectivity index (χ3v) is 3.91. The lowest BCUT2D eigenvalue weighted by Gasteiger charge is -2.05. The fraction of sp³-hybridized carbons (Fsp3) is 0.333. The van der Waals surface area contributed by atoms with Gasteiger partial charge in [0.15, 0.2) is 0 Å². The first kappa shape index (κ1) is 14.2. The van der Waals surface area contributed by atoms with Gasteiger partial charge < -0.3 is 0 Å². The molecule has 0 saturated heterocycles. The van der Waals surface area contributed by atoms with Crippen LogP contribution < -0.4 is 0 Å². The van der Waals surface area contributed by atoms with E-state index in [4.69, 9.17) is 10.6 Å². The number of halogens is 1. The minimum absolute atomic E-state index is 0.164. The molecule has 1 aromatic rings. The maximum absolute atomic E-state index is 11.7. The van der Waals surface area contributed by atoms with Crippen LogP contribution in [0.15, 0.2) is 33.6 Å². The fourth-order valence-electron chi connectivity index (χ4n) is 1.17. The van der Waals surface area contributed by atoms with Crippen LogP contribution in [0, 0.1) is 12.3 Å². The maximum Gasteiger partial charge on any atom is 0.296 e. The minimum atomic E-state index is -3.64. The molecule has 0 amide bonds. The van der Waals surface area contributed by atoms with Crippen molar-refractivity contribution in [3.63, 3.8) is 0 Å². The van der Waals surface area contributed by atoms with E-state index in [0.717, 1.165) is 10.9 Å². The zero-order valence-corrected chi connectivity index (χ0v) is 11.6. The number of rotatable bonds is 6. The lowest BCUT2D eigenvalue weighted by molar-refractivity contribution is 0.309. The van der Waals surface area contributed by atoms with E-state index in [1.165, 1.54) is 12.1 Å². The van der Waals surface area contributed by atoms with Gasteiger partial charge in [0.2, 0.25) is 0 Å². The Hall–Kier alpha value is -0.830. The Bertz CT molecular complexity index is 485. The van der Waals surface area contributed by atoms with Crippen LogP contribution in [0.25, 0.3) is 0 Å². The van der Waals surface area contributed by atoms with Gasteiger partial charge in [0, 0.05) is 10.9 Å². The third kappa shape index (κ3) is 4.90. The number of hydrogen-bond donors (Lipinski definition) is 0. The Morgan fingerprint density at radius 3 is 2.47 bits per heavy atom. The smallest absolute Gasteiger partial charge is 0.266 e. The second-order valence-electron chi connectivity index (χ2n) is 3.39. The predicted molar refractivity (Wildman–Crippen MR) is 70.0 cm³/mol. The van der Waals surface area contributed by atoms with Gasteiger partial charge in [-0.25, -0.2) is 0 Å². The van der Waals surface area contributed by atoms with E-state index in [1.54, 1.807) is 12.1 Å². The lowest BCUT2D eigenvalue weighted by atomic mass is 10.2. The summed E-state index contributed by atoms with van der Waals surface area (Å²) in [6, 6.07) is 6.32. The number of benzene rings is 1. The van der Waals surface area contributed by atoms with Crippen molar-refractivity contribution in [2.75, 3.05) is 6.61 Å². The zero-order chi connectivity index (χ0) is 12.7. The van der Waals surface area contributed by atoms with Crippen LogP contribution in [0.5, 0.6) is 0 Å². The molecule has 0 fully saturated rings. The van der Waals surface area contributed by atoms with Crippen LogP contribution in [0.4, 0.5) is 0 Å². The summed E-state index contributed by atoms with van der Waals surface area (Å²) in [6.45, 7) is 0.167. The van der Waals surface area contributed by atoms with Gasteiger partial charge in [-0.1, -0.05) is 15.9 Å². The Balaban J connectivity index is 2.52. The molecule has 0 aliphatic heterocycles. The molecule has 1 rings (SSSR count). The fourth-order valence-corrected chi connectivity index (χ4v) is 2.37. The summed E-state index contributed by atoms with van der Waals surface area (Å²) < 4.78 is 29.1. The molecule has 1 aromatic carbocycles. The molecule has 0 bridgehead atoms. The predicted octanol–water partition coefficient (Wildman–Crippen LogP) is 2.96. The van der Waals surface area contributed by atoms with Gasteiger partial charge >= 0.3 is 0 Å². The Kier molecular flexibility index (Phi) is 5.69. The summed E-state index contributed by atoms with van der Waals surface area (Å²) in [5.74, 6) is 2.49. The van der Waals surface area contributed by atoms with Crippen LogP contribution in [0.1, 0.15) is 19.3 Å². The average Bonchev–Trinajstić information content (AvgIpc) is 2.29. The van der Waals surface area contributed by atoms with Crippen molar-refractivity contribution < 1.29 is 12.6 Å². The molecule has 0 saturated carbocycles. The highest BCUT2D eigenvalue weighted by molar-refractivity contribution is 9.10. The molecule has 0 heterocycles. The summed E-state index contributed by atoms with van der Waals surface area (Å²) in [6.07, 6.45) is 7.14. The highest BCUT2D eigenvalue weighted by atomic mass is 79.9. The molecule has 0 aliphatic carbocycles. The summed E-state index contributed by atoms with van der Waals surface area (Å²) in [4.78, 5) is 0.164. The quantitative estimate of drug-likeness (QED) is 0.460. The van der Waals surface area contributed by atoms with E-state index in [9.17, 15) is 8.42 Å². The molecule has 0 aliphatic rings. The van der Waals surface area contributed by atoms with E-state index in [1.807, 2.05) is 0 Å². The van der Waals surface area contributed by atoms with Crippen molar-refractivity contribution >= 4 is 26.0 Å². The van der Waals surface area contributed by atoms with E-state index >= 15 is 0 Å². The van der Waals surface area contributed by atoms with E-state index in [-0.39, 0.29) is 11.5 Å². The Morgan fingerprint density at radius 2 is 1.88 bits per heavy atom. The van der Waals surface area contributed by atoms with Crippen molar-refractivity contribution in [1.29, 1.82) is 0 Å². The SMILES string of the molecule is C#CCCCCOS(=O)(=O)c1ccc(Br)cc1. The van der Waals surface area contributed by atoms with Gasteiger partial charge in [0.25, 0.3) is 10.1 Å². The topological polar surface area (TPSA) is 43.4 Å². The normalized spacial score (nSPS) is 11.1. The number of hydrogen-bond acceptors (Lipinski definition) is 3. The summed E-state index contributed by atoms with van der Waals surface area (Å²) in [5.41, 5.74) is 0. The van der Waals surface area contributed by atoms with Crippen LogP contribution in [0.2, 0.25) is 0 Å². The Morgan fingerprint density at radius 1 is 1.24 bits per heavy atom. The van der Waals surface area contributed by atoms with Crippen molar-refractivity contribution in [2.45, 2.75) is 24.2 Å². The van der Waals surface area contributed by atoms with Crippen molar-refractivity contribution in [3.05, 3.63) is 28.7 Å². The third-order valence-electron chi connectivity index (χ3n) is 2.06. The monoisotopic (exact) mass is 316 g/mol. The van der Waals surface area contributed by atoms with E-state index < -0.39 is 10.1 Å². The van der Waals surface area contributed by atoms with Crippen molar-refractivity contribution in [2.24, 2.45) is 0 Å². The molecule has 0 spiro atoms. The standard InChI is InChI=1S/C12H13BrO3S/c1-2-3-4-5-10-16-17(14,15)12-8-6-11(13)7-9-12/h1,6-9H,3-5,10H2. The summed E-state index contributed by atoms with van der Waals surface area (Å²) in [7, 11) is -3.64. The molecule has 0 N–H and O–H groups in total. The summed E-state index contributed by atoms with van der Waals surface area (Å²) >= 11 is 3.24. The number of unbranched alkanes of at least 4 members (excludes halogenated alkanes) is 2. The van der Waals surface area contributed by atoms with Gasteiger partial charge in [-0.05, 0) is 37.1 Å². The molecule has 3 nitrogen and oxygen atoms in total. The minimum Gasteiger partial charge on any atom is -0.266 e. The molecular formula is C12H13BrO3S. The first-order valence-electron chi connectivity index (χ1n) is 5.15. The van der Waals surface area contributed by atoms with E-state index in [2.05, 4.69) is 21.9 Å². The highest BCUT2D eigenvalue weighted by Gasteiger charge is 2.14. The first-order valence-corrected chi connectivity index (χ1v) is 7.35. The van der Waals surface area contributed by atoms with Gasteiger partial charge in [0.05, 0.1) is 11.5 Å². The van der Waals surface area contributed by atoms with Gasteiger partial charge in [-0.2, -0.15) is 8.42 Å². The van der Waals surface area contributed by atoms with Gasteiger partial charge in [0.1, 0.15) is 0 Å². The van der Waals surface area contributed by atoms with Crippen LogP contribution >= 0.6 is 15.9 Å². The lowest BCUT2D eigenvalue weighted by Crippen LogP contribution is -2.07. The highest BCUT2D eigenvalue weighted by Crippen LogP contribution is 2.16. The molecule has 92 valence electrons. The maximum atomic E-state index is 11.7. The molecule has 0 aromatic heterocycles. The zero-order valence-electron chi connectivity index (χ0n) is 9.23. The van der Waals surface area contributed by atoms with Crippen LogP contribution in [-0.2, 0) is 14.3 Å². The first-order chi connectivity index (χ1) is 8.06. The van der Waals surface area contributed by atoms with Gasteiger partial charge in [-0.3, -0.25) is 4.18 Å². The second kappa shape index (κ2) is 6.80. The molecule has 5 heteroatoms. The molecule has 17 heavy (non-hydrogen) atoms. The molecule has 0 radical (unpaired) electrons. The number of terminal acetylenes is 1. The van der Waals surface area contributed by atoms with Crippen LogP contribution in [-0.4, -0.2) is 15.0 Å². The molecule has 0 atom stereocenters. The van der Waals surface area contributed by atoms with Crippen LogP contribution in [0.3, 0.4) is 0 Å². The average molecular weight is 317 g/mol. The van der Waals surface area contributed by atoms with E-state index in [0.29, 0.717) is 12.8 Å². The molecule has 0 unspecified atom stereocenters. The van der Waals surface area contributed by atoms with Gasteiger partial charge in [-0.15, -0.1) is 12.3 Å². The largest absolute Gasteiger partial charge is 0.296 e. The second-order valence-corrected chi connectivity index (χ2v) is 5.92. The van der Waals surface area contributed by atoms with Crippen molar-refractivity contribution in [3.8, 4) is 12.3 Å². The van der Waals surface area contributed by atoms with Crippen molar-refractivity contribution in [1.82, 2.24) is 0 Å². The summed E-state index contributed by atoms with van der Waals surface area (Å²) in [5, 5.41) is 0. The Labute approximate surface area is 110 Å². The molecular weight excluding hydrogens is 304 g/mol.